The molecule has 2 N–H and O–H groups in total. The van der Waals surface area contributed by atoms with Crippen molar-refractivity contribution in [2.24, 2.45) is 0 Å². The zero-order chi connectivity index (χ0) is 24.6. The van der Waals surface area contributed by atoms with Crippen molar-refractivity contribution in [1.29, 1.82) is 0 Å². The number of halogens is 1. The van der Waals surface area contributed by atoms with Crippen LogP contribution in [0.5, 0.6) is 0 Å². The molecule has 178 valence electrons. The third-order valence-corrected chi connectivity index (χ3v) is 7.79. The Labute approximate surface area is 216 Å². The van der Waals surface area contributed by atoms with E-state index in [0.717, 1.165) is 57.3 Å². The van der Waals surface area contributed by atoms with Gasteiger partial charge in [0, 0.05) is 30.6 Å². The molecule has 0 saturated carbocycles. The lowest BCUT2D eigenvalue weighted by atomic mass is 9.86. The first-order valence-corrected chi connectivity index (χ1v) is 13.1. The van der Waals surface area contributed by atoms with Gasteiger partial charge in [-0.15, -0.1) is 0 Å². The molecule has 0 saturated heterocycles. The highest BCUT2D eigenvalue weighted by Gasteiger charge is 2.25. The number of anilines is 2. The van der Waals surface area contributed by atoms with Crippen molar-refractivity contribution in [2.45, 2.75) is 17.7 Å². The van der Waals surface area contributed by atoms with Crippen LogP contribution in [-0.2, 0) is 23.8 Å². The maximum atomic E-state index is 13.3. The Balaban J connectivity index is 1.43. The fourth-order valence-corrected chi connectivity index (χ4v) is 5.83. The van der Waals surface area contributed by atoms with Gasteiger partial charge in [0.05, 0.1) is 27.0 Å². The molecule has 0 fully saturated rings. The molecule has 2 heterocycles. The summed E-state index contributed by atoms with van der Waals surface area (Å²) in [6.45, 7) is 0. The topological polar surface area (TPSA) is 79.8 Å². The van der Waals surface area contributed by atoms with Crippen molar-refractivity contribution in [2.75, 3.05) is 17.1 Å². The molecule has 0 aliphatic heterocycles. The second kappa shape index (κ2) is 9.33. The number of hydrogen-bond donors (Lipinski definition) is 2. The minimum atomic E-state index is -1.49. The molecule has 0 bridgehead atoms. The molecule has 8 heteroatoms. The number of hydrogen-bond acceptors (Lipinski definition) is 5. The van der Waals surface area contributed by atoms with Gasteiger partial charge in [0.2, 0.25) is 5.95 Å². The second-order valence-electron chi connectivity index (χ2n) is 8.57. The zero-order valence-corrected chi connectivity index (χ0v) is 21.0. The van der Waals surface area contributed by atoms with Crippen LogP contribution in [-0.4, -0.2) is 26.2 Å². The van der Waals surface area contributed by atoms with Crippen LogP contribution in [0.3, 0.4) is 0 Å². The summed E-state index contributed by atoms with van der Waals surface area (Å²) in [4.78, 5) is 14.4. The Bertz CT molecular complexity index is 1640. The van der Waals surface area contributed by atoms with E-state index in [1.807, 2.05) is 73.8 Å². The van der Waals surface area contributed by atoms with Gasteiger partial charge in [0.15, 0.2) is 0 Å². The van der Waals surface area contributed by atoms with Gasteiger partial charge in [0.1, 0.15) is 11.0 Å². The molecule has 0 amide bonds. The average molecular weight is 512 g/mol. The van der Waals surface area contributed by atoms with Crippen molar-refractivity contribution in [3.05, 3.63) is 95.4 Å². The van der Waals surface area contributed by atoms with Gasteiger partial charge in [-0.05, 0) is 71.1 Å². The van der Waals surface area contributed by atoms with E-state index in [9.17, 15) is 4.21 Å². The summed E-state index contributed by atoms with van der Waals surface area (Å²) in [5.41, 5.74) is 6.44. The first-order valence-electron chi connectivity index (χ1n) is 11.6. The van der Waals surface area contributed by atoms with Crippen LogP contribution in [0.1, 0.15) is 11.3 Å². The Morgan fingerprint density at radius 3 is 2.53 bits per heavy atom. The van der Waals surface area contributed by atoms with Crippen LogP contribution in [0.2, 0.25) is 5.02 Å². The second-order valence-corrected chi connectivity index (χ2v) is 10.2. The summed E-state index contributed by atoms with van der Waals surface area (Å²) in [5.74, 6) is 0.578. The standard InChI is InChI=1S/C28H22ClN5OS/c1-30-28-32-24-9-7-20-15-23(29)25(16-22(20)26(24)27(33-28)18-10-12-31-13-11-18)34-36(35)21-8-6-17-4-2-3-5-19(17)14-21/h2-6,8,10-16,34H,7,9H2,1H3,(H,30,32,33). The van der Waals surface area contributed by atoms with Crippen molar-refractivity contribution < 1.29 is 4.21 Å². The molecule has 5 aromatic rings. The summed E-state index contributed by atoms with van der Waals surface area (Å²) in [6.07, 6.45) is 5.11. The normalized spacial score (nSPS) is 13.1. The molecule has 1 atom stereocenters. The van der Waals surface area contributed by atoms with E-state index < -0.39 is 11.0 Å². The first kappa shape index (κ1) is 22.6. The molecule has 2 aromatic heterocycles. The van der Waals surface area contributed by atoms with Gasteiger partial charge in [-0.3, -0.25) is 9.71 Å². The Kier molecular flexibility index (Phi) is 5.87. The Hall–Kier alpha value is -3.81. The largest absolute Gasteiger partial charge is 0.357 e. The van der Waals surface area contributed by atoms with E-state index in [1.165, 1.54) is 0 Å². The fourth-order valence-electron chi connectivity index (χ4n) is 4.63. The maximum Gasteiger partial charge on any atom is 0.223 e. The van der Waals surface area contributed by atoms with Gasteiger partial charge >= 0.3 is 0 Å². The van der Waals surface area contributed by atoms with Crippen molar-refractivity contribution >= 4 is 45.0 Å². The summed E-state index contributed by atoms with van der Waals surface area (Å²) in [7, 11) is 0.329. The van der Waals surface area contributed by atoms with Crippen LogP contribution in [0.15, 0.2) is 84.0 Å². The molecule has 1 unspecified atom stereocenters. The Morgan fingerprint density at radius 2 is 1.72 bits per heavy atom. The monoisotopic (exact) mass is 511 g/mol. The summed E-state index contributed by atoms with van der Waals surface area (Å²) >= 11 is 6.67. The third-order valence-electron chi connectivity index (χ3n) is 6.39. The molecule has 6 rings (SSSR count). The lowest BCUT2D eigenvalue weighted by molar-refractivity contribution is 0.686. The highest BCUT2D eigenvalue weighted by Crippen LogP contribution is 2.42. The van der Waals surface area contributed by atoms with Crippen molar-refractivity contribution in [1.82, 2.24) is 15.0 Å². The van der Waals surface area contributed by atoms with Crippen LogP contribution in [0, 0.1) is 0 Å². The molecule has 1 aliphatic rings. The highest BCUT2D eigenvalue weighted by molar-refractivity contribution is 7.86. The van der Waals surface area contributed by atoms with Gasteiger partial charge in [-0.1, -0.05) is 41.9 Å². The first-order chi connectivity index (χ1) is 17.6. The predicted octanol–water partition coefficient (Wildman–Crippen LogP) is 6.29. The van der Waals surface area contributed by atoms with E-state index in [2.05, 4.69) is 15.0 Å². The minimum Gasteiger partial charge on any atom is -0.357 e. The van der Waals surface area contributed by atoms with Gasteiger partial charge < -0.3 is 5.32 Å². The molecular weight excluding hydrogens is 490 g/mol. The van der Waals surface area contributed by atoms with E-state index in [4.69, 9.17) is 21.6 Å². The number of aryl methyl sites for hydroxylation is 2. The van der Waals surface area contributed by atoms with Crippen LogP contribution in [0.25, 0.3) is 33.2 Å². The molecule has 0 radical (unpaired) electrons. The molecule has 3 aromatic carbocycles. The Morgan fingerprint density at radius 1 is 0.917 bits per heavy atom. The quantitative estimate of drug-likeness (QED) is 0.290. The summed E-state index contributed by atoms with van der Waals surface area (Å²) in [6, 6.07) is 21.6. The third kappa shape index (κ3) is 4.10. The lowest BCUT2D eigenvalue weighted by Gasteiger charge is -2.24. The zero-order valence-electron chi connectivity index (χ0n) is 19.5. The van der Waals surface area contributed by atoms with Crippen LogP contribution in [0.4, 0.5) is 11.6 Å². The number of nitrogens with one attached hydrogen (secondary N) is 2. The van der Waals surface area contributed by atoms with Crippen LogP contribution >= 0.6 is 11.6 Å². The molecule has 1 aliphatic carbocycles. The van der Waals surface area contributed by atoms with E-state index >= 15 is 0 Å². The predicted molar refractivity (Wildman–Crippen MR) is 147 cm³/mol. The molecule has 6 nitrogen and oxygen atoms in total. The number of pyridine rings is 1. The van der Waals surface area contributed by atoms with Gasteiger partial charge in [-0.2, -0.15) is 0 Å². The molecule has 36 heavy (non-hydrogen) atoms. The van der Waals surface area contributed by atoms with E-state index in [1.54, 1.807) is 12.4 Å². The van der Waals surface area contributed by atoms with Gasteiger partial charge in [-0.25, -0.2) is 14.2 Å². The smallest absolute Gasteiger partial charge is 0.223 e. The van der Waals surface area contributed by atoms with E-state index in [-0.39, 0.29) is 0 Å². The van der Waals surface area contributed by atoms with E-state index in [0.29, 0.717) is 21.6 Å². The SMILES string of the molecule is CNc1nc2c(c(-c3ccncc3)n1)-c1cc(NS(=O)c3ccc4ccccc4c3)c(Cl)cc1CC2. The van der Waals surface area contributed by atoms with Crippen molar-refractivity contribution in [3.8, 4) is 22.4 Å². The minimum absolute atomic E-state index is 0.532. The highest BCUT2D eigenvalue weighted by atomic mass is 35.5. The molecule has 0 spiro atoms. The fraction of sp³-hybridized carbons (Fsp3) is 0.107. The van der Waals surface area contributed by atoms with Crippen molar-refractivity contribution in [3.63, 3.8) is 0 Å². The average Bonchev–Trinajstić information content (AvgIpc) is 2.93. The van der Waals surface area contributed by atoms with Crippen LogP contribution < -0.4 is 10.0 Å². The number of fused-ring (bicyclic) bond motifs is 4. The van der Waals surface area contributed by atoms with Gasteiger partial charge in [0.25, 0.3) is 0 Å². The number of nitrogens with zero attached hydrogens (tertiary/aromatic N) is 3. The number of rotatable bonds is 5. The number of benzene rings is 3. The summed E-state index contributed by atoms with van der Waals surface area (Å²) in [5, 5.41) is 5.75. The maximum absolute atomic E-state index is 13.3. The lowest BCUT2D eigenvalue weighted by Crippen LogP contribution is -2.12. The number of aromatic nitrogens is 3. The molecular formula is C28H22ClN5OS. The summed E-state index contributed by atoms with van der Waals surface area (Å²) < 4.78 is 16.4.